The second-order valence-corrected chi connectivity index (χ2v) is 1.04. The molecule has 7 heteroatoms. The topological polar surface area (TPSA) is 74.6 Å². The predicted octanol–water partition coefficient (Wildman–Crippen LogP) is 0.174. The van der Waals surface area contributed by atoms with Crippen LogP contribution in [0.3, 0.4) is 0 Å². The second kappa shape index (κ2) is 22.4. The molecule has 0 fully saturated rings. The molecule has 0 aliphatic rings. The van der Waals surface area contributed by atoms with Crippen LogP contribution in [-0.2, 0) is 72.8 Å². The van der Waals surface area contributed by atoms with Crippen molar-refractivity contribution in [3.8, 4) is 0 Å². The average molecular weight is 672 g/mol. The maximum Gasteiger partial charge on any atom is 0.300 e. The van der Waals surface area contributed by atoms with E-state index in [0.717, 1.165) is 13.8 Å². The molecule has 0 bridgehead atoms. The third-order valence-corrected chi connectivity index (χ3v) is 0. The molecule has 0 aromatic rings. The number of carboxylic acids is 2. The summed E-state index contributed by atoms with van der Waals surface area (Å²) in [6, 6.07) is 0. The summed E-state index contributed by atoms with van der Waals surface area (Å²) in [6.45, 7) is 2.17. The Morgan fingerprint density at radius 1 is 0.818 bits per heavy atom. The Labute approximate surface area is 108 Å². The van der Waals surface area contributed by atoms with Gasteiger partial charge in [0.25, 0.3) is 11.9 Å². The van der Waals surface area contributed by atoms with E-state index in [4.69, 9.17) is 19.8 Å². The molecule has 0 aliphatic heterocycles. The fourth-order valence-corrected chi connectivity index (χ4v) is 0. The Hall–Kier alpha value is 1.00. The molecule has 0 amide bonds. The second-order valence-electron chi connectivity index (χ2n) is 1.04. The summed E-state index contributed by atoms with van der Waals surface area (Å²) in [5.74, 6) is -1.67. The van der Waals surface area contributed by atoms with Gasteiger partial charge in [-0.25, -0.2) is 0 Å². The van der Waals surface area contributed by atoms with Crippen LogP contribution in [0.2, 0.25) is 0 Å². The first-order valence-electron chi connectivity index (χ1n) is 1.86. The van der Waals surface area contributed by atoms with Gasteiger partial charge in [0, 0.05) is 77.0 Å². The van der Waals surface area contributed by atoms with Gasteiger partial charge >= 0.3 is 0 Å². The van der Waals surface area contributed by atoms with Gasteiger partial charge in [0.05, 0.1) is 0 Å². The van der Waals surface area contributed by atoms with Crippen molar-refractivity contribution in [3.05, 3.63) is 0 Å². The van der Waals surface area contributed by atoms with E-state index in [0.29, 0.717) is 0 Å². The summed E-state index contributed by atoms with van der Waals surface area (Å²) in [5.41, 5.74) is 0. The van der Waals surface area contributed by atoms with Gasteiger partial charge in [-0.05, 0) is 0 Å². The van der Waals surface area contributed by atoms with E-state index in [-0.39, 0.29) is 63.2 Å². The molecule has 0 spiro atoms. The minimum absolute atomic E-state index is 0. The first-order valence-corrected chi connectivity index (χ1v) is 1.86. The van der Waals surface area contributed by atoms with Crippen LogP contribution in [0, 0.1) is 0 Å². The standard InChI is InChI=1S/2C2H4O2.3W/c2*1-2(3)4;;;/h2*1H3,(H,3,4);;;. The molecule has 11 heavy (non-hydrogen) atoms. The van der Waals surface area contributed by atoms with Crippen molar-refractivity contribution in [2.45, 2.75) is 13.8 Å². The Morgan fingerprint density at radius 3 is 0.818 bits per heavy atom. The zero-order valence-corrected chi connectivity index (χ0v) is 14.7. The summed E-state index contributed by atoms with van der Waals surface area (Å²) in [5, 5.41) is 14.8. The van der Waals surface area contributed by atoms with Gasteiger partial charge < -0.3 is 10.2 Å². The Morgan fingerprint density at radius 2 is 0.818 bits per heavy atom. The first-order chi connectivity index (χ1) is 3.46. The third-order valence-electron chi connectivity index (χ3n) is 0. The van der Waals surface area contributed by atoms with Crippen LogP contribution >= 0.6 is 0 Å². The van der Waals surface area contributed by atoms with Gasteiger partial charge in [0.15, 0.2) is 0 Å². The van der Waals surface area contributed by atoms with E-state index in [1.165, 1.54) is 0 Å². The molecule has 0 aromatic carbocycles. The number of hydrogen-bond acceptors (Lipinski definition) is 2. The molecule has 2 N–H and O–H groups in total. The van der Waals surface area contributed by atoms with Crippen LogP contribution in [0.1, 0.15) is 13.8 Å². The smallest absolute Gasteiger partial charge is 0.300 e. The third kappa shape index (κ3) is 884. The average Bonchev–Trinajstić information content (AvgIpc) is 1.25. The Kier molecular flexibility index (Phi) is 60.5. The minimum Gasteiger partial charge on any atom is -0.481 e. The molecule has 0 saturated heterocycles. The summed E-state index contributed by atoms with van der Waals surface area (Å²) in [6.07, 6.45) is 0. The molecular formula is C4H8O4W3. The van der Waals surface area contributed by atoms with Crippen LogP contribution in [0.5, 0.6) is 0 Å². The first kappa shape index (κ1) is 29.6. The summed E-state index contributed by atoms with van der Waals surface area (Å²) < 4.78 is 0. The largest absolute Gasteiger partial charge is 0.481 e. The van der Waals surface area contributed by atoms with Crippen molar-refractivity contribution in [2.75, 3.05) is 0 Å². The number of aliphatic carboxylic acids is 2. The molecule has 0 atom stereocenters. The predicted molar refractivity (Wildman–Crippen MR) is 26.6 cm³/mol. The maximum atomic E-state index is 9.00. The van der Waals surface area contributed by atoms with Crippen molar-refractivity contribution in [1.82, 2.24) is 0 Å². The Balaban J connectivity index is -0.0000000171. The van der Waals surface area contributed by atoms with E-state index in [9.17, 15) is 0 Å². The molecule has 66 valence electrons. The van der Waals surface area contributed by atoms with Crippen molar-refractivity contribution >= 4 is 11.9 Å². The van der Waals surface area contributed by atoms with Crippen LogP contribution in [0.15, 0.2) is 0 Å². The molecule has 0 aromatic heterocycles. The summed E-state index contributed by atoms with van der Waals surface area (Å²) in [7, 11) is 0. The molecule has 0 unspecified atom stereocenters. The SMILES string of the molecule is CC(=O)O.CC(=O)O.[W].[W].[W]. The van der Waals surface area contributed by atoms with Gasteiger partial charge in [-0.2, -0.15) is 0 Å². The molecule has 0 radical (unpaired) electrons. The fourth-order valence-electron chi connectivity index (χ4n) is 0. The van der Waals surface area contributed by atoms with E-state index in [1.54, 1.807) is 0 Å². The molecule has 4 nitrogen and oxygen atoms in total. The van der Waals surface area contributed by atoms with Gasteiger partial charge in [-0.15, -0.1) is 0 Å². The van der Waals surface area contributed by atoms with Gasteiger partial charge in [0.1, 0.15) is 0 Å². The zero-order valence-electron chi connectivity index (χ0n) is 5.94. The van der Waals surface area contributed by atoms with E-state index >= 15 is 0 Å². The van der Waals surface area contributed by atoms with Gasteiger partial charge in [-0.3, -0.25) is 9.59 Å². The summed E-state index contributed by atoms with van der Waals surface area (Å²) >= 11 is 0. The van der Waals surface area contributed by atoms with E-state index < -0.39 is 11.9 Å². The Bertz CT molecular complexity index is 75.3. The molecule has 0 saturated carbocycles. The minimum atomic E-state index is -0.833. The quantitative estimate of drug-likeness (QED) is 0.386. The van der Waals surface area contributed by atoms with Crippen LogP contribution < -0.4 is 0 Å². The van der Waals surface area contributed by atoms with Crippen molar-refractivity contribution in [3.63, 3.8) is 0 Å². The molecular weight excluding hydrogens is 664 g/mol. The molecule has 0 rings (SSSR count). The van der Waals surface area contributed by atoms with Crippen LogP contribution in [-0.4, -0.2) is 22.2 Å². The van der Waals surface area contributed by atoms with Crippen LogP contribution in [0.4, 0.5) is 0 Å². The number of carboxylic acid groups (broad SMARTS) is 2. The normalized spacial score (nSPS) is 4.55. The van der Waals surface area contributed by atoms with Crippen LogP contribution in [0.25, 0.3) is 0 Å². The van der Waals surface area contributed by atoms with Gasteiger partial charge in [-0.1, -0.05) is 0 Å². The number of rotatable bonds is 0. The monoisotopic (exact) mass is 672 g/mol. The zero-order chi connectivity index (χ0) is 7.15. The van der Waals surface area contributed by atoms with Crippen molar-refractivity contribution < 1.29 is 83.0 Å². The van der Waals surface area contributed by atoms with E-state index in [2.05, 4.69) is 0 Å². The van der Waals surface area contributed by atoms with Gasteiger partial charge in [0.2, 0.25) is 0 Å². The number of hydrogen-bond donors (Lipinski definition) is 2. The number of carbonyl (C=O) groups is 2. The fraction of sp³-hybridized carbons (Fsp3) is 0.500. The molecule has 0 aliphatic carbocycles. The molecule has 0 heterocycles. The van der Waals surface area contributed by atoms with E-state index in [1.807, 2.05) is 0 Å². The maximum absolute atomic E-state index is 9.00. The van der Waals surface area contributed by atoms with Crippen molar-refractivity contribution in [2.24, 2.45) is 0 Å². The van der Waals surface area contributed by atoms with Crippen molar-refractivity contribution in [1.29, 1.82) is 0 Å². The summed E-state index contributed by atoms with van der Waals surface area (Å²) in [4.78, 5) is 18.0.